The van der Waals surface area contributed by atoms with Crippen molar-refractivity contribution in [3.05, 3.63) is 53.6 Å². The van der Waals surface area contributed by atoms with Crippen LogP contribution in [0.3, 0.4) is 0 Å². The first-order valence-corrected chi connectivity index (χ1v) is 10.6. The molecule has 9 heteroatoms. The molecule has 0 spiro atoms. The van der Waals surface area contributed by atoms with E-state index < -0.39 is 32.9 Å². The summed E-state index contributed by atoms with van der Waals surface area (Å²) in [6.45, 7) is 0.194. The molecule has 0 bridgehead atoms. The summed E-state index contributed by atoms with van der Waals surface area (Å²) in [6.07, 6.45) is 0.733. The Morgan fingerprint density at radius 3 is 2.39 bits per heavy atom. The number of halogens is 3. The maximum absolute atomic E-state index is 12.9. The Balaban J connectivity index is 1.55. The number of benzene rings is 1. The maximum atomic E-state index is 12.9. The van der Waals surface area contributed by atoms with E-state index in [1.807, 2.05) is 0 Å². The Labute approximate surface area is 160 Å². The molecular formula is C19H19F3N2O3S. The van der Waals surface area contributed by atoms with Gasteiger partial charge in [0.2, 0.25) is 0 Å². The molecule has 1 aromatic carbocycles. The molecule has 0 radical (unpaired) electrons. The molecule has 1 aliphatic carbocycles. The zero-order valence-corrected chi connectivity index (χ0v) is 15.7. The highest BCUT2D eigenvalue weighted by Crippen LogP contribution is 2.39. The summed E-state index contributed by atoms with van der Waals surface area (Å²) in [5, 5.41) is -0.834. The van der Waals surface area contributed by atoms with Crippen molar-refractivity contribution in [1.29, 1.82) is 0 Å². The molecule has 1 aromatic heterocycles. The first kappa shape index (κ1) is 19.3. The summed E-state index contributed by atoms with van der Waals surface area (Å²) in [6, 6.07) is 3.89. The smallest absolute Gasteiger partial charge is 0.372 e. The number of rotatable bonds is 4. The standard InChI is InChI=1S/C19H19F3N2O3S/c20-19(21,22)13-2-1-3-14(8-13)28(25,26)15-6-7-27-18(9-15)17-11-23-16(10-24-17)12-4-5-12/h1-3,8,10-12,15,18H,4-7,9H2. The van der Waals surface area contributed by atoms with E-state index in [0.717, 1.165) is 30.7 Å². The quantitative estimate of drug-likeness (QED) is 0.757. The van der Waals surface area contributed by atoms with Crippen molar-refractivity contribution in [2.75, 3.05) is 6.61 Å². The fourth-order valence-electron chi connectivity index (χ4n) is 3.40. The summed E-state index contributed by atoms with van der Waals surface area (Å²) in [5.41, 5.74) is 0.500. The lowest BCUT2D eigenvalue weighted by Crippen LogP contribution is -2.31. The molecule has 0 amide bonds. The Morgan fingerprint density at radius 1 is 1.04 bits per heavy atom. The van der Waals surface area contributed by atoms with Gasteiger partial charge in [-0.3, -0.25) is 9.97 Å². The molecule has 2 heterocycles. The van der Waals surface area contributed by atoms with E-state index in [2.05, 4.69) is 9.97 Å². The molecule has 2 atom stereocenters. The van der Waals surface area contributed by atoms with E-state index >= 15 is 0 Å². The van der Waals surface area contributed by atoms with Crippen LogP contribution in [0.1, 0.15) is 54.7 Å². The molecule has 2 aliphatic rings. The van der Waals surface area contributed by atoms with E-state index in [0.29, 0.717) is 17.7 Å². The van der Waals surface area contributed by atoms with Gasteiger partial charge in [-0.05, 0) is 43.9 Å². The van der Waals surface area contributed by atoms with E-state index in [4.69, 9.17) is 4.74 Å². The minimum atomic E-state index is -4.59. The molecule has 150 valence electrons. The number of nitrogens with zero attached hydrogens (tertiary/aromatic N) is 2. The van der Waals surface area contributed by atoms with Crippen LogP contribution >= 0.6 is 0 Å². The van der Waals surface area contributed by atoms with Crippen molar-refractivity contribution >= 4 is 9.84 Å². The van der Waals surface area contributed by atoms with E-state index in [1.54, 1.807) is 12.4 Å². The van der Waals surface area contributed by atoms with Gasteiger partial charge in [-0.2, -0.15) is 13.2 Å². The van der Waals surface area contributed by atoms with Gasteiger partial charge in [0.1, 0.15) is 6.10 Å². The van der Waals surface area contributed by atoms with Crippen LogP contribution in [0, 0.1) is 0 Å². The first-order valence-electron chi connectivity index (χ1n) is 9.10. The van der Waals surface area contributed by atoms with Crippen molar-refractivity contribution in [2.45, 2.75) is 54.0 Å². The van der Waals surface area contributed by atoms with Gasteiger partial charge in [-0.25, -0.2) is 8.42 Å². The van der Waals surface area contributed by atoms with Crippen LogP contribution in [0.4, 0.5) is 13.2 Å². The lowest BCUT2D eigenvalue weighted by atomic mass is 10.1. The van der Waals surface area contributed by atoms with Crippen LogP contribution in [-0.2, 0) is 20.8 Å². The summed E-state index contributed by atoms with van der Waals surface area (Å²) >= 11 is 0. The van der Waals surface area contributed by atoms with Gasteiger partial charge in [-0.15, -0.1) is 0 Å². The molecule has 0 N–H and O–H groups in total. The molecule has 1 aliphatic heterocycles. The lowest BCUT2D eigenvalue weighted by Gasteiger charge is -2.29. The number of ether oxygens (including phenoxy) is 1. The number of hydrogen-bond donors (Lipinski definition) is 0. The molecule has 2 aromatic rings. The van der Waals surface area contributed by atoms with Gasteiger partial charge in [0, 0.05) is 18.7 Å². The van der Waals surface area contributed by atoms with Crippen LogP contribution < -0.4 is 0 Å². The second-order valence-electron chi connectivity index (χ2n) is 7.22. The van der Waals surface area contributed by atoms with Crippen molar-refractivity contribution in [3.8, 4) is 0 Å². The molecule has 4 rings (SSSR count). The van der Waals surface area contributed by atoms with Gasteiger partial charge >= 0.3 is 6.18 Å². The van der Waals surface area contributed by atoms with E-state index in [1.165, 1.54) is 6.07 Å². The van der Waals surface area contributed by atoms with Crippen LogP contribution in [0.5, 0.6) is 0 Å². The normalized spacial score (nSPS) is 23.5. The Morgan fingerprint density at radius 2 is 1.75 bits per heavy atom. The number of aromatic nitrogens is 2. The lowest BCUT2D eigenvalue weighted by molar-refractivity contribution is -0.137. The number of sulfone groups is 1. The third kappa shape index (κ3) is 3.91. The van der Waals surface area contributed by atoms with Crippen LogP contribution in [0.2, 0.25) is 0 Å². The van der Waals surface area contributed by atoms with Crippen molar-refractivity contribution in [2.24, 2.45) is 0 Å². The molecule has 1 saturated heterocycles. The van der Waals surface area contributed by atoms with Gasteiger partial charge in [0.25, 0.3) is 0 Å². The van der Waals surface area contributed by atoms with Gasteiger partial charge in [-0.1, -0.05) is 6.07 Å². The van der Waals surface area contributed by atoms with Crippen LogP contribution in [0.15, 0.2) is 41.6 Å². The molecule has 1 saturated carbocycles. The average Bonchev–Trinajstić information content (AvgIpc) is 3.53. The van der Waals surface area contributed by atoms with Crippen molar-refractivity contribution < 1.29 is 26.3 Å². The minimum Gasteiger partial charge on any atom is -0.372 e. The Hall–Kier alpha value is -2.00. The highest BCUT2D eigenvalue weighted by Gasteiger charge is 2.37. The van der Waals surface area contributed by atoms with Crippen LogP contribution in [0.25, 0.3) is 0 Å². The van der Waals surface area contributed by atoms with Gasteiger partial charge < -0.3 is 4.74 Å². The second kappa shape index (κ2) is 7.11. The topological polar surface area (TPSA) is 69.2 Å². The zero-order chi connectivity index (χ0) is 19.9. The molecule has 5 nitrogen and oxygen atoms in total. The number of hydrogen-bond acceptors (Lipinski definition) is 5. The second-order valence-corrected chi connectivity index (χ2v) is 9.44. The molecule has 28 heavy (non-hydrogen) atoms. The summed E-state index contributed by atoms with van der Waals surface area (Å²) < 4.78 is 70.4. The fourth-order valence-corrected chi connectivity index (χ4v) is 5.18. The van der Waals surface area contributed by atoms with Crippen molar-refractivity contribution in [3.63, 3.8) is 0 Å². The molecule has 2 fully saturated rings. The zero-order valence-electron chi connectivity index (χ0n) is 14.9. The van der Waals surface area contributed by atoms with E-state index in [9.17, 15) is 21.6 Å². The summed E-state index contributed by atoms with van der Waals surface area (Å²) in [7, 11) is -3.93. The third-order valence-corrected chi connectivity index (χ3v) is 7.40. The van der Waals surface area contributed by atoms with Crippen LogP contribution in [-0.4, -0.2) is 30.2 Å². The van der Waals surface area contributed by atoms with E-state index in [-0.39, 0.29) is 24.3 Å². The van der Waals surface area contributed by atoms with Gasteiger partial charge in [0.15, 0.2) is 9.84 Å². The minimum absolute atomic E-state index is 0.135. The van der Waals surface area contributed by atoms with Gasteiger partial charge in [0.05, 0.1) is 33.3 Å². The Bertz CT molecular complexity index is 957. The van der Waals surface area contributed by atoms with Crippen molar-refractivity contribution in [1.82, 2.24) is 9.97 Å². The monoisotopic (exact) mass is 412 g/mol. The predicted octanol–water partition coefficient (Wildman–Crippen LogP) is 4.07. The average molecular weight is 412 g/mol. The summed E-state index contributed by atoms with van der Waals surface area (Å²) in [4.78, 5) is 8.43. The fraction of sp³-hybridized carbons (Fsp3) is 0.474. The first-order chi connectivity index (χ1) is 13.2. The SMILES string of the molecule is O=S(=O)(c1cccc(C(F)(F)F)c1)C1CCOC(c2cnc(C3CC3)cn2)C1. The number of alkyl halides is 3. The largest absolute Gasteiger partial charge is 0.416 e. The third-order valence-electron chi connectivity index (χ3n) is 5.18. The highest BCUT2D eigenvalue weighted by atomic mass is 32.2. The summed E-state index contributed by atoms with van der Waals surface area (Å²) in [5.74, 6) is 0.461. The Kier molecular flexibility index (Phi) is 4.91. The molecule has 2 unspecified atom stereocenters. The highest BCUT2D eigenvalue weighted by molar-refractivity contribution is 7.92. The predicted molar refractivity (Wildman–Crippen MR) is 94.4 cm³/mol. The maximum Gasteiger partial charge on any atom is 0.416 e. The molecular weight excluding hydrogens is 393 g/mol.